The Kier molecular flexibility index (Phi) is 4.13. The molecule has 1 aromatic rings. The molecular weight excluding hydrogens is 258 g/mol. The Morgan fingerprint density at radius 1 is 1.45 bits per heavy atom. The summed E-state index contributed by atoms with van der Waals surface area (Å²) in [6.45, 7) is 7.48. The number of nitro benzene ring substituents is 1. The highest BCUT2D eigenvalue weighted by Gasteiger charge is 2.37. The van der Waals surface area contributed by atoms with Crippen LogP contribution in [0.25, 0.3) is 0 Å². The fourth-order valence-corrected chi connectivity index (χ4v) is 2.42. The van der Waals surface area contributed by atoms with E-state index in [1.807, 2.05) is 19.9 Å². The Bertz CT molecular complexity index is 506. The van der Waals surface area contributed by atoms with E-state index in [-0.39, 0.29) is 22.3 Å². The van der Waals surface area contributed by atoms with Gasteiger partial charge in [-0.05, 0) is 33.3 Å². The summed E-state index contributed by atoms with van der Waals surface area (Å²) in [7, 11) is 0. The van der Waals surface area contributed by atoms with Gasteiger partial charge in [-0.2, -0.15) is 0 Å². The molecule has 110 valence electrons. The molecule has 1 aromatic carbocycles. The summed E-state index contributed by atoms with van der Waals surface area (Å²) in [6, 6.07) is 5.01. The van der Waals surface area contributed by atoms with Gasteiger partial charge in [0.05, 0.1) is 16.6 Å². The van der Waals surface area contributed by atoms with Crippen LogP contribution in [-0.2, 0) is 4.74 Å². The monoisotopic (exact) mass is 279 g/mol. The van der Waals surface area contributed by atoms with Crippen molar-refractivity contribution in [3.8, 4) is 0 Å². The SMILES string of the molecule is CCNc1cc(NC2(C)CCOC2C)cc([N+](=O)[O-])c1. The molecule has 2 rings (SSSR count). The first-order valence-electron chi connectivity index (χ1n) is 6.88. The molecule has 1 aliphatic rings. The molecule has 0 amide bonds. The first-order chi connectivity index (χ1) is 9.44. The molecule has 2 unspecified atom stereocenters. The number of non-ortho nitro benzene ring substituents is 1. The van der Waals surface area contributed by atoms with Crippen LogP contribution in [0.3, 0.4) is 0 Å². The molecule has 1 saturated heterocycles. The first kappa shape index (κ1) is 14.6. The molecule has 0 aromatic heterocycles. The highest BCUT2D eigenvalue weighted by molar-refractivity contribution is 5.64. The third kappa shape index (κ3) is 3.01. The standard InChI is InChI=1S/C14H21N3O3/c1-4-15-11-7-12(9-13(8-11)17(18)19)16-14(3)5-6-20-10(14)2/h7-10,15-16H,4-6H2,1-3H3. The van der Waals surface area contributed by atoms with Crippen LogP contribution in [0.4, 0.5) is 17.1 Å². The van der Waals surface area contributed by atoms with Gasteiger partial charge in [0.1, 0.15) is 0 Å². The molecule has 2 N–H and O–H groups in total. The maximum atomic E-state index is 11.0. The lowest BCUT2D eigenvalue weighted by Gasteiger charge is -2.30. The van der Waals surface area contributed by atoms with Crippen LogP contribution < -0.4 is 10.6 Å². The molecule has 2 atom stereocenters. The largest absolute Gasteiger partial charge is 0.385 e. The van der Waals surface area contributed by atoms with Gasteiger partial charge in [-0.15, -0.1) is 0 Å². The number of anilines is 2. The molecule has 0 saturated carbocycles. The minimum atomic E-state index is -0.372. The van der Waals surface area contributed by atoms with Crippen molar-refractivity contribution in [2.75, 3.05) is 23.8 Å². The van der Waals surface area contributed by atoms with E-state index in [0.29, 0.717) is 6.61 Å². The predicted octanol–water partition coefficient (Wildman–Crippen LogP) is 3.01. The summed E-state index contributed by atoms with van der Waals surface area (Å²) < 4.78 is 5.58. The summed E-state index contributed by atoms with van der Waals surface area (Å²) in [6.07, 6.45) is 0.956. The van der Waals surface area contributed by atoms with Crippen LogP contribution in [0, 0.1) is 10.1 Å². The van der Waals surface area contributed by atoms with Gasteiger partial charge < -0.3 is 15.4 Å². The van der Waals surface area contributed by atoms with Crippen LogP contribution in [0.15, 0.2) is 18.2 Å². The Labute approximate surface area is 118 Å². The summed E-state index contributed by atoms with van der Waals surface area (Å²) >= 11 is 0. The van der Waals surface area contributed by atoms with Gasteiger partial charge in [0, 0.05) is 36.7 Å². The topological polar surface area (TPSA) is 76.4 Å². The molecule has 1 aliphatic heterocycles. The molecule has 0 bridgehead atoms. The average Bonchev–Trinajstić information content (AvgIpc) is 2.69. The van der Waals surface area contributed by atoms with Gasteiger partial charge >= 0.3 is 0 Å². The van der Waals surface area contributed by atoms with E-state index in [0.717, 1.165) is 24.3 Å². The molecule has 6 heteroatoms. The number of ether oxygens (including phenoxy) is 1. The fourth-order valence-electron chi connectivity index (χ4n) is 2.42. The lowest BCUT2D eigenvalue weighted by molar-refractivity contribution is -0.384. The Morgan fingerprint density at radius 2 is 2.15 bits per heavy atom. The van der Waals surface area contributed by atoms with Gasteiger partial charge in [-0.3, -0.25) is 10.1 Å². The number of hydrogen-bond donors (Lipinski definition) is 2. The zero-order valence-electron chi connectivity index (χ0n) is 12.1. The van der Waals surface area contributed by atoms with E-state index in [1.54, 1.807) is 12.1 Å². The minimum absolute atomic E-state index is 0.0735. The molecule has 1 heterocycles. The molecule has 6 nitrogen and oxygen atoms in total. The average molecular weight is 279 g/mol. The van der Waals surface area contributed by atoms with Crippen LogP contribution in [-0.4, -0.2) is 29.7 Å². The smallest absolute Gasteiger partial charge is 0.273 e. The Morgan fingerprint density at radius 3 is 2.70 bits per heavy atom. The molecule has 0 spiro atoms. The van der Waals surface area contributed by atoms with E-state index < -0.39 is 0 Å². The van der Waals surface area contributed by atoms with Gasteiger partial charge in [-0.1, -0.05) is 0 Å². The second-order valence-corrected chi connectivity index (χ2v) is 5.36. The zero-order chi connectivity index (χ0) is 14.8. The van der Waals surface area contributed by atoms with Crippen LogP contribution in [0.2, 0.25) is 0 Å². The lowest BCUT2D eigenvalue weighted by Crippen LogP contribution is -2.41. The number of rotatable bonds is 5. The van der Waals surface area contributed by atoms with Crippen molar-refractivity contribution in [2.24, 2.45) is 0 Å². The first-order valence-corrected chi connectivity index (χ1v) is 6.88. The Balaban J connectivity index is 2.28. The van der Waals surface area contributed by atoms with E-state index in [9.17, 15) is 10.1 Å². The normalized spacial score (nSPS) is 25.4. The minimum Gasteiger partial charge on any atom is -0.385 e. The van der Waals surface area contributed by atoms with Crippen molar-refractivity contribution in [2.45, 2.75) is 38.8 Å². The maximum Gasteiger partial charge on any atom is 0.273 e. The predicted molar refractivity (Wildman–Crippen MR) is 79.3 cm³/mol. The summed E-state index contributed by atoms with van der Waals surface area (Å²) in [5, 5.41) is 17.5. The third-order valence-electron chi connectivity index (χ3n) is 3.83. The van der Waals surface area contributed by atoms with Crippen molar-refractivity contribution in [1.29, 1.82) is 0 Å². The van der Waals surface area contributed by atoms with Crippen molar-refractivity contribution >= 4 is 17.1 Å². The number of nitrogens with zero attached hydrogens (tertiary/aromatic N) is 1. The van der Waals surface area contributed by atoms with Gasteiger partial charge in [0.2, 0.25) is 0 Å². The third-order valence-corrected chi connectivity index (χ3v) is 3.83. The second-order valence-electron chi connectivity index (χ2n) is 5.36. The van der Waals surface area contributed by atoms with E-state index in [4.69, 9.17) is 4.74 Å². The zero-order valence-corrected chi connectivity index (χ0v) is 12.1. The summed E-state index contributed by atoms with van der Waals surface area (Å²) in [5.41, 5.74) is 1.38. The van der Waals surface area contributed by atoms with E-state index >= 15 is 0 Å². The molecule has 0 aliphatic carbocycles. The summed E-state index contributed by atoms with van der Waals surface area (Å²) in [4.78, 5) is 10.6. The van der Waals surface area contributed by atoms with Crippen molar-refractivity contribution in [3.05, 3.63) is 28.3 Å². The maximum absolute atomic E-state index is 11.0. The molecular formula is C14H21N3O3. The molecule has 0 radical (unpaired) electrons. The van der Waals surface area contributed by atoms with Crippen molar-refractivity contribution in [1.82, 2.24) is 0 Å². The van der Waals surface area contributed by atoms with Crippen molar-refractivity contribution in [3.63, 3.8) is 0 Å². The number of nitro groups is 1. The Hall–Kier alpha value is -1.82. The van der Waals surface area contributed by atoms with Gasteiger partial charge in [-0.25, -0.2) is 0 Å². The highest BCUT2D eigenvalue weighted by Crippen LogP contribution is 2.32. The van der Waals surface area contributed by atoms with E-state index in [1.165, 1.54) is 0 Å². The summed E-state index contributed by atoms with van der Waals surface area (Å²) in [5.74, 6) is 0. The van der Waals surface area contributed by atoms with Crippen molar-refractivity contribution < 1.29 is 9.66 Å². The number of benzene rings is 1. The van der Waals surface area contributed by atoms with Gasteiger partial charge in [0.25, 0.3) is 5.69 Å². The number of hydrogen-bond acceptors (Lipinski definition) is 5. The van der Waals surface area contributed by atoms with Crippen LogP contribution in [0.1, 0.15) is 27.2 Å². The van der Waals surface area contributed by atoms with E-state index in [2.05, 4.69) is 17.6 Å². The van der Waals surface area contributed by atoms with Crippen LogP contribution >= 0.6 is 0 Å². The molecule has 20 heavy (non-hydrogen) atoms. The molecule has 1 fully saturated rings. The highest BCUT2D eigenvalue weighted by atomic mass is 16.6. The number of nitrogens with one attached hydrogen (secondary N) is 2. The second kappa shape index (κ2) is 5.66. The fraction of sp³-hybridized carbons (Fsp3) is 0.571. The lowest BCUT2D eigenvalue weighted by atomic mass is 9.94. The van der Waals surface area contributed by atoms with Gasteiger partial charge in [0.15, 0.2) is 0 Å². The van der Waals surface area contributed by atoms with Crippen LogP contribution in [0.5, 0.6) is 0 Å². The quantitative estimate of drug-likeness (QED) is 0.640.